The summed E-state index contributed by atoms with van der Waals surface area (Å²) in [6, 6.07) is 0.494. The van der Waals surface area contributed by atoms with Crippen LogP contribution in [-0.4, -0.2) is 63.0 Å². The van der Waals surface area contributed by atoms with E-state index >= 15 is 0 Å². The van der Waals surface area contributed by atoms with Gasteiger partial charge >= 0.3 is 0 Å². The van der Waals surface area contributed by atoms with Crippen LogP contribution in [0.4, 0.5) is 0 Å². The third-order valence-corrected chi connectivity index (χ3v) is 4.24. The van der Waals surface area contributed by atoms with Crippen molar-refractivity contribution in [3.8, 4) is 0 Å². The Hall–Kier alpha value is -0.160. The predicted octanol–water partition coefficient (Wildman–Crippen LogP) is 1.11. The molecule has 4 heteroatoms. The van der Waals surface area contributed by atoms with Crippen LogP contribution in [0.25, 0.3) is 0 Å². The lowest BCUT2D eigenvalue weighted by Crippen LogP contribution is -2.55. The van der Waals surface area contributed by atoms with Crippen LogP contribution in [0.5, 0.6) is 0 Å². The van der Waals surface area contributed by atoms with Crippen LogP contribution in [0.1, 0.15) is 26.7 Å². The molecule has 2 aliphatic rings. The number of morpholine rings is 1. The normalized spacial score (nSPS) is 29.3. The van der Waals surface area contributed by atoms with Crippen molar-refractivity contribution in [3.05, 3.63) is 0 Å². The van der Waals surface area contributed by atoms with Crippen LogP contribution in [0.3, 0.4) is 0 Å². The molecule has 0 bridgehead atoms. The van der Waals surface area contributed by atoms with E-state index in [1.54, 1.807) is 0 Å². The second-order valence-electron chi connectivity index (χ2n) is 5.34. The van der Waals surface area contributed by atoms with Crippen molar-refractivity contribution >= 4 is 0 Å². The zero-order valence-electron chi connectivity index (χ0n) is 11.9. The van der Waals surface area contributed by atoms with Gasteiger partial charge in [-0.1, -0.05) is 13.8 Å². The molecule has 2 fully saturated rings. The molecule has 1 N–H and O–H groups in total. The molecular formula is C14H28N2O2. The summed E-state index contributed by atoms with van der Waals surface area (Å²) in [5.74, 6) is 0.709. The van der Waals surface area contributed by atoms with E-state index in [0.717, 1.165) is 46.0 Å². The Morgan fingerprint density at radius 2 is 2.00 bits per heavy atom. The second kappa shape index (κ2) is 7.43. The average molecular weight is 256 g/mol. The van der Waals surface area contributed by atoms with Gasteiger partial charge in [0, 0.05) is 32.3 Å². The van der Waals surface area contributed by atoms with Crippen LogP contribution in [0, 0.1) is 5.92 Å². The molecule has 0 aromatic carbocycles. The fraction of sp³-hybridized carbons (Fsp3) is 1.00. The van der Waals surface area contributed by atoms with Gasteiger partial charge in [-0.05, 0) is 31.8 Å². The van der Waals surface area contributed by atoms with Gasteiger partial charge in [0.15, 0.2) is 0 Å². The fourth-order valence-corrected chi connectivity index (χ4v) is 3.15. The summed E-state index contributed by atoms with van der Waals surface area (Å²) in [5, 5.41) is 3.66. The van der Waals surface area contributed by atoms with Gasteiger partial charge < -0.3 is 14.8 Å². The van der Waals surface area contributed by atoms with E-state index in [1.165, 1.54) is 12.8 Å². The monoisotopic (exact) mass is 256 g/mol. The number of nitrogens with one attached hydrogen (secondary N) is 1. The average Bonchev–Trinajstić information content (AvgIpc) is 2.46. The zero-order valence-corrected chi connectivity index (χ0v) is 11.9. The van der Waals surface area contributed by atoms with Crippen LogP contribution >= 0.6 is 0 Å². The van der Waals surface area contributed by atoms with Gasteiger partial charge in [0.05, 0.1) is 12.7 Å². The van der Waals surface area contributed by atoms with Gasteiger partial charge in [0.2, 0.25) is 0 Å². The van der Waals surface area contributed by atoms with Crippen molar-refractivity contribution in [1.29, 1.82) is 0 Å². The van der Waals surface area contributed by atoms with E-state index < -0.39 is 0 Å². The fourth-order valence-electron chi connectivity index (χ4n) is 3.15. The third kappa shape index (κ3) is 3.67. The quantitative estimate of drug-likeness (QED) is 0.799. The Morgan fingerprint density at radius 3 is 2.67 bits per heavy atom. The molecule has 0 saturated carbocycles. The predicted molar refractivity (Wildman–Crippen MR) is 72.9 cm³/mol. The van der Waals surface area contributed by atoms with Crippen molar-refractivity contribution in [2.45, 2.75) is 38.8 Å². The molecule has 2 atom stereocenters. The number of nitrogens with zero attached hydrogens (tertiary/aromatic N) is 1. The summed E-state index contributed by atoms with van der Waals surface area (Å²) in [6.45, 7) is 11.4. The lowest BCUT2D eigenvalue weighted by atomic mass is 9.87. The molecule has 4 nitrogen and oxygen atoms in total. The van der Waals surface area contributed by atoms with E-state index in [4.69, 9.17) is 9.47 Å². The molecule has 0 aromatic rings. The first-order chi connectivity index (χ1) is 8.85. The summed E-state index contributed by atoms with van der Waals surface area (Å²) >= 11 is 0. The highest BCUT2D eigenvalue weighted by molar-refractivity contribution is 4.88. The third-order valence-electron chi connectivity index (χ3n) is 4.24. The summed E-state index contributed by atoms with van der Waals surface area (Å²) in [6.07, 6.45) is 2.69. The maximum Gasteiger partial charge on any atom is 0.0857 e. The number of hydrogen-bond donors (Lipinski definition) is 1. The molecule has 2 rings (SSSR count). The zero-order chi connectivity index (χ0) is 12.8. The molecule has 18 heavy (non-hydrogen) atoms. The molecule has 0 aliphatic carbocycles. The Labute approximate surface area is 111 Å². The van der Waals surface area contributed by atoms with Gasteiger partial charge in [-0.3, -0.25) is 4.90 Å². The molecule has 2 saturated heterocycles. The largest absolute Gasteiger partial charge is 0.381 e. The SMILES string of the molecule is CCNC(C1CCOCC1)C1CN(CC)CCO1. The highest BCUT2D eigenvalue weighted by Crippen LogP contribution is 2.24. The lowest BCUT2D eigenvalue weighted by Gasteiger charge is -2.41. The van der Waals surface area contributed by atoms with E-state index in [2.05, 4.69) is 24.1 Å². The minimum absolute atomic E-state index is 0.349. The van der Waals surface area contributed by atoms with Crippen LogP contribution < -0.4 is 5.32 Å². The van der Waals surface area contributed by atoms with Crippen molar-refractivity contribution in [3.63, 3.8) is 0 Å². The van der Waals surface area contributed by atoms with Gasteiger partial charge in [0.25, 0.3) is 0 Å². The molecule has 0 radical (unpaired) electrons. The first kappa shape index (κ1) is 14.3. The van der Waals surface area contributed by atoms with E-state index in [-0.39, 0.29) is 0 Å². The molecule has 2 heterocycles. The summed E-state index contributed by atoms with van der Waals surface area (Å²) < 4.78 is 11.5. The van der Waals surface area contributed by atoms with Crippen molar-refractivity contribution in [1.82, 2.24) is 10.2 Å². The summed E-state index contributed by atoms with van der Waals surface area (Å²) in [5.41, 5.74) is 0. The molecule has 2 unspecified atom stereocenters. The Morgan fingerprint density at radius 1 is 1.22 bits per heavy atom. The highest BCUT2D eigenvalue weighted by atomic mass is 16.5. The molecule has 0 amide bonds. The Kier molecular flexibility index (Phi) is 5.89. The molecule has 2 aliphatic heterocycles. The Balaban J connectivity index is 1.94. The number of hydrogen-bond acceptors (Lipinski definition) is 4. The van der Waals surface area contributed by atoms with E-state index in [1.807, 2.05) is 0 Å². The van der Waals surface area contributed by atoms with Crippen LogP contribution in [0.2, 0.25) is 0 Å². The minimum atomic E-state index is 0.349. The van der Waals surface area contributed by atoms with Gasteiger partial charge in [-0.25, -0.2) is 0 Å². The molecule has 0 aromatic heterocycles. The van der Waals surface area contributed by atoms with E-state index in [9.17, 15) is 0 Å². The summed E-state index contributed by atoms with van der Waals surface area (Å²) in [4.78, 5) is 2.50. The molecular weight excluding hydrogens is 228 g/mol. The number of rotatable bonds is 5. The lowest BCUT2D eigenvalue weighted by molar-refractivity contribution is -0.0657. The van der Waals surface area contributed by atoms with Crippen molar-refractivity contribution in [2.75, 3.05) is 46.0 Å². The first-order valence-corrected chi connectivity index (χ1v) is 7.50. The maximum atomic E-state index is 6.03. The van der Waals surface area contributed by atoms with Crippen molar-refractivity contribution < 1.29 is 9.47 Å². The summed E-state index contributed by atoms with van der Waals surface area (Å²) in [7, 11) is 0. The van der Waals surface area contributed by atoms with Crippen LogP contribution in [-0.2, 0) is 9.47 Å². The number of likely N-dealkylation sites (N-methyl/N-ethyl adjacent to an activating group) is 2. The second-order valence-corrected chi connectivity index (χ2v) is 5.34. The maximum absolute atomic E-state index is 6.03. The van der Waals surface area contributed by atoms with Crippen molar-refractivity contribution in [2.24, 2.45) is 5.92 Å². The smallest absolute Gasteiger partial charge is 0.0857 e. The first-order valence-electron chi connectivity index (χ1n) is 7.50. The molecule has 106 valence electrons. The van der Waals surface area contributed by atoms with Gasteiger partial charge in [0.1, 0.15) is 0 Å². The Bertz CT molecular complexity index is 232. The standard InChI is InChI=1S/C14H28N2O2/c1-3-15-14(12-5-8-17-9-6-12)13-11-16(4-2)7-10-18-13/h12-15H,3-11H2,1-2H3. The van der Waals surface area contributed by atoms with Gasteiger partial charge in [-0.2, -0.15) is 0 Å². The minimum Gasteiger partial charge on any atom is -0.381 e. The van der Waals surface area contributed by atoms with Crippen LogP contribution in [0.15, 0.2) is 0 Å². The topological polar surface area (TPSA) is 33.7 Å². The van der Waals surface area contributed by atoms with E-state index in [0.29, 0.717) is 18.1 Å². The molecule has 0 spiro atoms. The number of ether oxygens (including phenoxy) is 2. The van der Waals surface area contributed by atoms with Gasteiger partial charge in [-0.15, -0.1) is 0 Å². The highest BCUT2D eigenvalue weighted by Gasteiger charge is 2.33.